The molecule has 0 spiro atoms. The van der Waals surface area contributed by atoms with Crippen molar-refractivity contribution in [1.82, 2.24) is 0 Å². The van der Waals surface area contributed by atoms with Gasteiger partial charge in [0.05, 0.1) is 13.7 Å². The summed E-state index contributed by atoms with van der Waals surface area (Å²) in [7, 11) is 1.65. The van der Waals surface area contributed by atoms with Crippen molar-refractivity contribution in [1.29, 1.82) is 5.26 Å². The maximum absolute atomic E-state index is 10.4. The molecular formula is C17H17NO5. The highest BCUT2D eigenvalue weighted by Gasteiger charge is 2.00. The number of aromatic hydroxyl groups is 1. The maximum atomic E-state index is 10.4. The SMILES string of the molecule is CCOc1ccc(OC)cc1.N#CC(=O)Oc1ccc(O)cc1. The van der Waals surface area contributed by atoms with Gasteiger partial charge in [0.25, 0.3) is 0 Å². The van der Waals surface area contributed by atoms with Crippen molar-refractivity contribution >= 4 is 5.97 Å². The Balaban J connectivity index is 0.000000231. The van der Waals surface area contributed by atoms with Gasteiger partial charge in [-0.25, -0.2) is 4.79 Å². The Morgan fingerprint density at radius 2 is 1.57 bits per heavy atom. The summed E-state index contributed by atoms with van der Waals surface area (Å²) in [6.45, 7) is 2.66. The monoisotopic (exact) mass is 315 g/mol. The van der Waals surface area contributed by atoms with Crippen molar-refractivity contribution in [2.24, 2.45) is 0 Å². The molecule has 0 saturated heterocycles. The van der Waals surface area contributed by atoms with Crippen molar-refractivity contribution in [3.8, 4) is 29.1 Å². The van der Waals surface area contributed by atoms with Crippen molar-refractivity contribution in [2.75, 3.05) is 13.7 Å². The summed E-state index contributed by atoms with van der Waals surface area (Å²) in [5, 5.41) is 16.9. The largest absolute Gasteiger partial charge is 0.508 e. The first-order valence-electron chi connectivity index (χ1n) is 6.76. The van der Waals surface area contributed by atoms with Crippen LogP contribution in [-0.4, -0.2) is 24.8 Å². The van der Waals surface area contributed by atoms with Crippen LogP contribution in [-0.2, 0) is 4.79 Å². The number of methoxy groups -OCH3 is 1. The molecule has 0 bridgehead atoms. The number of rotatable bonds is 4. The molecule has 2 rings (SSSR count). The second-order valence-electron chi connectivity index (χ2n) is 4.10. The zero-order valence-corrected chi connectivity index (χ0v) is 12.9. The molecule has 6 heteroatoms. The van der Waals surface area contributed by atoms with Crippen LogP contribution in [0.2, 0.25) is 0 Å². The summed E-state index contributed by atoms with van der Waals surface area (Å²) in [4.78, 5) is 10.4. The molecular weight excluding hydrogens is 298 g/mol. The van der Waals surface area contributed by atoms with E-state index in [1.54, 1.807) is 7.11 Å². The van der Waals surface area contributed by atoms with E-state index < -0.39 is 5.97 Å². The highest BCUT2D eigenvalue weighted by atomic mass is 16.5. The molecule has 0 saturated carbocycles. The van der Waals surface area contributed by atoms with E-state index in [4.69, 9.17) is 19.8 Å². The number of ether oxygens (including phenoxy) is 3. The van der Waals surface area contributed by atoms with Crippen LogP contribution >= 0.6 is 0 Å². The van der Waals surface area contributed by atoms with E-state index >= 15 is 0 Å². The standard InChI is InChI=1S/C9H12O2.C8H5NO3/c1-3-11-9-6-4-8(10-2)5-7-9;9-5-8(11)12-7-3-1-6(10)2-4-7/h4-7H,3H2,1-2H3;1-4,10H. The van der Waals surface area contributed by atoms with Gasteiger partial charge in [-0.15, -0.1) is 0 Å². The molecule has 2 aromatic rings. The van der Waals surface area contributed by atoms with Crippen LogP contribution in [0.3, 0.4) is 0 Å². The molecule has 0 aliphatic carbocycles. The van der Waals surface area contributed by atoms with Crippen molar-refractivity contribution in [2.45, 2.75) is 6.92 Å². The van der Waals surface area contributed by atoms with E-state index in [1.165, 1.54) is 30.3 Å². The third kappa shape index (κ3) is 6.87. The van der Waals surface area contributed by atoms with Gasteiger partial charge in [-0.1, -0.05) is 0 Å². The van der Waals surface area contributed by atoms with Gasteiger partial charge in [-0.05, 0) is 55.5 Å². The number of nitriles is 1. The fourth-order valence-electron chi connectivity index (χ4n) is 1.48. The minimum absolute atomic E-state index is 0.0757. The zero-order valence-electron chi connectivity index (χ0n) is 12.9. The lowest BCUT2D eigenvalue weighted by Gasteiger charge is -2.03. The van der Waals surface area contributed by atoms with E-state index in [9.17, 15) is 4.79 Å². The van der Waals surface area contributed by atoms with Gasteiger partial charge in [0.1, 0.15) is 23.0 Å². The van der Waals surface area contributed by atoms with E-state index in [0.29, 0.717) is 6.61 Å². The first kappa shape index (κ1) is 17.9. The van der Waals surface area contributed by atoms with Gasteiger partial charge in [-0.3, -0.25) is 0 Å². The van der Waals surface area contributed by atoms with Gasteiger partial charge in [0.15, 0.2) is 6.07 Å². The minimum Gasteiger partial charge on any atom is -0.508 e. The van der Waals surface area contributed by atoms with Crippen molar-refractivity contribution < 1.29 is 24.1 Å². The van der Waals surface area contributed by atoms with Gasteiger partial charge in [0.2, 0.25) is 0 Å². The molecule has 0 aliphatic heterocycles. The number of phenolic OH excluding ortho intramolecular Hbond substituents is 1. The average Bonchev–Trinajstić information content (AvgIpc) is 2.58. The van der Waals surface area contributed by atoms with Crippen LogP contribution in [0, 0.1) is 11.3 Å². The van der Waals surface area contributed by atoms with Crippen LogP contribution < -0.4 is 14.2 Å². The summed E-state index contributed by atoms with van der Waals surface area (Å²) < 4.78 is 14.7. The molecule has 6 nitrogen and oxygen atoms in total. The number of hydrogen-bond donors (Lipinski definition) is 1. The topological polar surface area (TPSA) is 88.8 Å². The van der Waals surface area contributed by atoms with Crippen molar-refractivity contribution in [3.05, 3.63) is 48.5 Å². The third-order valence-corrected chi connectivity index (χ3v) is 2.51. The molecule has 0 atom stereocenters. The molecule has 0 aliphatic rings. The zero-order chi connectivity index (χ0) is 17.1. The first-order valence-corrected chi connectivity index (χ1v) is 6.76. The number of carbonyl (C=O) groups is 1. The van der Waals surface area contributed by atoms with Gasteiger partial charge in [0, 0.05) is 0 Å². The highest BCUT2D eigenvalue weighted by Crippen LogP contribution is 2.16. The summed E-state index contributed by atoms with van der Waals surface area (Å²) >= 11 is 0. The number of benzene rings is 2. The van der Waals surface area contributed by atoms with Crippen LogP contribution in [0.15, 0.2) is 48.5 Å². The Hall–Kier alpha value is -3.20. The summed E-state index contributed by atoms with van der Waals surface area (Å²) in [6.07, 6.45) is 0. The molecule has 0 radical (unpaired) electrons. The Labute approximate surface area is 134 Å². The quantitative estimate of drug-likeness (QED) is 0.530. The third-order valence-electron chi connectivity index (χ3n) is 2.51. The van der Waals surface area contributed by atoms with Gasteiger partial charge in [-0.2, -0.15) is 5.26 Å². The number of carbonyl (C=O) groups excluding carboxylic acids is 1. The number of esters is 1. The molecule has 0 amide bonds. The molecule has 23 heavy (non-hydrogen) atoms. The lowest BCUT2D eigenvalue weighted by Crippen LogP contribution is -2.03. The molecule has 0 heterocycles. The van der Waals surface area contributed by atoms with Crippen molar-refractivity contribution in [3.63, 3.8) is 0 Å². The number of hydrogen-bond acceptors (Lipinski definition) is 6. The predicted octanol–water partition coefficient (Wildman–Crippen LogP) is 2.92. The first-order chi connectivity index (χ1) is 11.1. The summed E-state index contributed by atoms with van der Waals surface area (Å²) in [5.41, 5.74) is 0. The fourth-order valence-corrected chi connectivity index (χ4v) is 1.48. The molecule has 120 valence electrons. The summed E-state index contributed by atoms with van der Waals surface area (Å²) in [5.74, 6) is 1.08. The molecule has 0 unspecified atom stereocenters. The smallest absolute Gasteiger partial charge is 0.416 e. The van der Waals surface area contributed by atoms with Gasteiger partial charge < -0.3 is 19.3 Å². The van der Waals surface area contributed by atoms with E-state index in [-0.39, 0.29) is 11.5 Å². The average molecular weight is 315 g/mol. The lowest BCUT2D eigenvalue weighted by molar-refractivity contribution is -0.128. The molecule has 2 aromatic carbocycles. The Kier molecular flexibility index (Phi) is 7.52. The van der Waals surface area contributed by atoms with Crippen LogP contribution in [0.5, 0.6) is 23.0 Å². The van der Waals surface area contributed by atoms with Crippen LogP contribution in [0.25, 0.3) is 0 Å². The predicted molar refractivity (Wildman–Crippen MR) is 83.5 cm³/mol. The second kappa shape index (κ2) is 9.68. The fraction of sp³-hybridized carbons (Fsp3) is 0.176. The maximum Gasteiger partial charge on any atom is 0.416 e. The van der Waals surface area contributed by atoms with Crippen LogP contribution in [0.1, 0.15) is 6.92 Å². The molecule has 0 fully saturated rings. The molecule has 1 N–H and O–H groups in total. The minimum atomic E-state index is -0.972. The summed E-state index contributed by atoms with van der Waals surface area (Å²) in [6, 6.07) is 14.4. The van der Waals surface area contributed by atoms with E-state index in [1.807, 2.05) is 31.2 Å². The number of nitrogens with zero attached hydrogens (tertiary/aromatic N) is 1. The Morgan fingerprint density at radius 1 is 1.04 bits per heavy atom. The normalized spacial score (nSPS) is 8.91. The van der Waals surface area contributed by atoms with E-state index in [0.717, 1.165) is 11.5 Å². The molecule has 0 aromatic heterocycles. The Bertz CT molecular complexity index is 644. The lowest BCUT2D eigenvalue weighted by atomic mass is 10.3. The second-order valence-corrected chi connectivity index (χ2v) is 4.10. The van der Waals surface area contributed by atoms with Gasteiger partial charge >= 0.3 is 5.97 Å². The highest BCUT2D eigenvalue weighted by molar-refractivity contribution is 5.87. The van der Waals surface area contributed by atoms with Crippen LogP contribution in [0.4, 0.5) is 0 Å². The Morgan fingerprint density at radius 3 is 2.04 bits per heavy atom. The van der Waals surface area contributed by atoms with E-state index in [2.05, 4.69) is 4.74 Å². The number of phenols is 1.